The molecule has 7 heteroatoms. The van der Waals surface area contributed by atoms with E-state index in [9.17, 15) is 18.0 Å². The van der Waals surface area contributed by atoms with Crippen LogP contribution in [0, 0.1) is 6.92 Å². The Morgan fingerprint density at radius 2 is 2.22 bits per heavy atom. The van der Waals surface area contributed by atoms with E-state index < -0.39 is 17.6 Å². The van der Waals surface area contributed by atoms with Crippen molar-refractivity contribution in [1.82, 2.24) is 14.5 Å². The van der Waals surface area contributed by atoms with E-state index in [0.29, 0.717) is 10.3 Å². The van der Waals surface area contributed by atoms with Crippen LogP contribution in [0.5, 0.6) is 0 Å². The number of fused-ring (bicyclic) bond motifs is 1. The van der Waals surface area contributed by atoms with Crippen LogP contribution < -0.4 is 5.56 Å². The molecule has 0 amide bonds. The average molecular weight is 257 g/mol. The third kappa shape index (κ3) is 1.92. The maximum atomic E-state index is 12.8. The van der Waals surface area contributed by atoms with Crippen molar-refractivity contribution < 1.29 is 13.2 Å². The SMILES string of the molecule is C=CCn1c(C(F)(F)F)nc2[nH]c(C)cc2c1=O. The Morgan fingerprint density at radius 1 is 1.56 bits per heavy atom. The Labute approximate surface area is 99.8 Å². The van der Waals surface area contributed by atoms with Crippen LogP contribution in [0.3, 0.4) is 0 Å². The van der Waals surface area contributed by atoms with Gasteiger partial charge >= 0.3 is 6.18 Å². The molecule has 0 radical (unpaired) electrons. The number of nitrogens with zero attached hydrogens (tertiary/aromatic N) is 2. The van der Waals surface area contributed by atoms with Crippen molar-refractivity contribution in [3.05, 3.63) is 40.6 Å². The number of aromatic amines is 1. The zero-order chi connectivity index (χ0) is 13.5. The van der Waals surface area contributed by atoms with Gasteiger partial charge in [0.05, 0.1) is 5.39 Å². The summed E-state index contributed by atoms with van der Waals surface area (Å²) in [5, 5.41) is 0.141. The molecule has 0 saturated heterocycles. The topological polar surface area (TPSA) is 50.7 Å². The molecule has 4 nitrogen and oxygen atoms in total. The number of halogens is 3. The molecule has 0 aliphatic carbocycles. The minimum Gasteiger partial charge on any atom is -0.343 e. The standard InChI is InChI=1S/C11H10F3N3O/c1-3-4-17-9(18)7-5-6(2)15-8(7)16-10(17)11(12,13)14/h3,5,15H,1,4H2,2H3. The number of H-pyrrole nitrogens is 1. The van der Waals surface area contributed by atoms with Gasteiger partial charge in [-0.2, -0.15) is 13.2 Å². The first-order chi connectivity index (χ1) is 8.34. The third-order valence-corrected chi connectivity index (χ3v) is 2.45. The van der Waals surface area contributed by atoms with Gasteiger partial charge in [0.1, 0.15) is 5.65 Å². The number of allylic oxidation sites excluding steroid dienone is 1. The fourth-order valence-electron chi connectivity index (χ4n) is 1.75. The third-order valence-electron chi connectivity index (χ3n) is 2.45. The van der Waals surface area contributed by atoms with Crippen LogP contribution in [-0.2, 0) is 12.7 Å². The Morgan fingerprint density at radius 3 is 2.78 bits per heavy atom. The van der Waals surface area contributed by atoms with Gasteiger partial charge in [0.25, 0.3) is 5.56 Å². The predicted molar refractivity (Wildman–Crippen MR) is 60.3 cm³/mol. The number of nitrogens with one attached hydrogen (secondary N) is 1. The first kappa shape index (κ1) is 12.4. The van der Waals surface area contributed by atoms with E-state index in [0.717, 1.165) is 0 Å². The van der Waals surface area contributed by atoms with Gasteiger partial charge in [-0.3, -0.25) is 9.36 Å². The highest BCUT2D eigenvalue weighted by Gasteiger charge is 2.37. The summed E-state index contributed by atoms with van der Waals surface area (Å²) in [6.07, 6.45) is -3.46. The Kier molecular flexibility index (Phi) is 2.76. The number of aryl methyl sites for hydroxylation is 1. The second-order valence-electron chi connectivity index (χ2n) is 3.85. The molecule has 0 saturated carbocycles. The summed E-state index contributed by atoms with van der Waals surface area (Å²) in [4.78, 5) is 18.1. The van der Waals surface area contributed by atoms with Gasteiger partial charge in [-0.05, 0) is 13.0 Å². The first-order valence-corrected chi connectivity index (χ1v) is 5.13. The van der Waals surface area contributed by atoms with Gasteiger partial charge < -0.3 is 4.98 Å². The number of rotatable bonds is 2. The van der Waals surface area contributed by atoms with Crippen LogP contribution in [0.15, 0.2) is 23.5 Å². The van der Waals surface area contributed by atoms with Crippen molar-refractivity contribution in [2.24, 2.45) is 0 Å². The van der Waals surface area contributed by atoms with E-state index >= 15 is 0 Å². The lowest BCUT2D eigenvalue weighted by atomic mass is 10.3. The van der Waals surface area contributed by atoms with Gasteiger partial charge in [0.15, 0.2) is 0 Å². The predicted octanol–water partition coefficient (Wildman–Crippen LogP) is 2.24. The van der Waals surface area contributed by atoms with Crippen molar-refractivity contribution in [3.8, 4) is 0 Å². The molecule has 18 heavy (non-hydrogen) atoms. The Hall–Kier alpha value is -2.05. The summed E-state index contributed by atoms with van der Waals surface area (Å²) in [6, 6.07) is 1.48. The molecule has 2 heterocycles. The number of aromatic nitrogens is 3. The molecular weight excluding hydrogens is 247 g/mol. The van der Waals surface area contributed by atoms with Gasteiger partial charge in [-0.25, -0.2) is 4.98 Å². The maximum Gasteiger partial charge on any atom is 0.449 e. The number of hydrogen-bond donors (Lipinski definition) is 1. The average Bonchev–Trinajstić information content (AvgIpc) is 2.62. The van der Waals surface area contributed by atoms with Gasteiger partial charge in [0, 0.05) is 12.2 Å². The zero-order valence-electron chi connectivity index (χ0n) is 9.51. The zero-order valence-corrected chi connectivity index (χ0v) is 9.51. The quantitative estimate of drug-likeness (QED) is 0.839. The van der Waals surface area contributed by atoms with Gasteiger partial charge in [-0.1, -0.05) is 6.08 Å². The lowest BCUT2D eigenvalue weighted by Gasteiger charge is -2.12. The molecule has 2 aromatic rings. The summed E-state index contributed by atoms with van der Waals surface area (Å²) in [5.41, 5.74) is -0.194. The van der Waals surface area contributed by atoms with Crippen molar-refractivity contribution in [3.63, 3.8) is 0 Å². The van der Waals surface area contributed by atoms with Gasteiger partial charge in [0.2, 0.25) is 5.82 Å². The van der Waals surface area contributed by atoms with E-state index in [1.54, 1.807) is 6.92 Å². The molecule has 0 unspecified atom stereocenters. The van der Waals surface area contributed by atoms with Crippen molar-refractivity contribution in [2.75, 3.05) is 0 Å². The molecule has 1 N–H and O–H groups in total. The van der Waals surface area contributed by atoms with E-state index in [2.05, 4.69) is 16.5 Å². The molecule has 0 spiro atoms. The van der Waals surface area contributed by atoms with Crippen LogP contribution in [0.2, 0.25) is 0 Å². The summed E-state index contributed by atoms with van der Waals surface area (Å²) < 4.78 is 39.0. The highest BCUT2D eigenvalue weighted by molar-refractivity contribution is 5.75. The van der Waals surface area contributed by atoms with Gasteiger partial charge in [-0.15, -0.1) is 6.58 Å². The molecular formula is C11H10F3N3O. The monoisotopic (exact) mass is 257 g/mol. The van der Waals surface area contributed by atoms with Crippen molar-refractivity contribution >= 4 is 11.0 Å². The van der Waals surface area contributed by atoms with Crippen LogP contribution in [0.4, 0.5) is 13.2 Å². The Bertz CT molecular complexity index is 666. The largest absolute Gasteiger partial charge is 0.449 e. The normalized spacial score (nSPS) is 12.0. The van der Waals surface area contributed by atoms with E-state index in [1.165, 1.54) is 12.1 Å². The van der Waals surface area contributed by atoms with Crippen LogP contribution in [-0.4, -0.2) is 14.5 Å². The highest BCUT2D eigenvalue weighted by atomic mass is 19.4. The molecule has 0 bridgehead atoms. The maximum absolute atomic E-state index is 12.8. The summed E-state index contributed by atoms with van der Waals surface area (Å²) in [6.45, 7) is 4.75. The lowest BCUT2D eigenvalue weighted by Crippen LogP contribution is -2.29. The molecule has 96 valence electrons. The molecule has 0 fully saturated rings. The molecule has 0 aliphatic rings. The van der Waals surface area contributed by atoms with Crippen LogP contribution >= 0.6 is 0 Å². The lowest BCUT2D eigenvalue weighted by molar-refractivity contribution is -0.147. The minimum absolute atomic E-state index is 0.0508. The summed E-state index contributed by atoms with van der Waals surface area (Å²) in [5.74, 6) is -1.22. The van der Waals surface area contributed by atoms with Crippen molar-refractivity contribution in [2.45, 2.75) is 19.6 Å². The van der Waals surface area contributed by atoms with E-state index in [4.69, 9.17) is 0 Å². The Balaban J connectivity index is 2.87. The van der Waals surface area contributed by atoms with E-state index in [-0.39, 0.29) is 17.6 Å². The van der Waals surface area contributed by atoms with Crippen LogP contribution in [0.25, 0.3) is 11.0 Å². The second-order valence-corrected chi connectivity index (χ2v) is 3.85. The number of alkyl halides is 3. The molecule has 0 aliphatic heterocycles. The van der Waals surface area contributed by atoms with E-state index in [1.807, 2.05) is 0 Å². The number of hydrogen-bond acceptors (Lipinski definition) is 2. The molecule has 2 rings (SSSR count). The van der Waals surface area contributed by atoms with Crippen molar-refractivity contribution in [1.29, 1.82) is 0 Å². The summed E-state index contributed by atoms with van der Waals surface area (Å²) in [7, 11) is 0. The smallest absolute Gasteiger partial charge is 0.343 e. The molecule has 0 aromatic carbocycles. The molecule has 2 aromatic heterocycles. The minimum atomic E-state index is -4.69. The fourth-order valence-corrected chi connectivity index (χ4v) is 1.75. The fraction of sp³-hybridized carbons (Fsp3) is 0.273. The second kappa shape index (κ2) is 4.01. The highest BCUT2D eigenvalue weighted by Crippen LogP contribution is 2.27. The van der Waals surface area contributed by atoms with Crippen LogP contribution in [0.1, 0.15) is 11.5 Å². The first-order valence-electron chi connectivity index (χ1n) is 5.13. The molecule has 0 atom stereocenters. The summed E-state index contributed by atoms with van der Waals surface area (Å²) >= 11 is 0.